The van der Waals surface area contributed by atoms with E-state index in [1.54, 1.807) is 30.5 Å². The normalized spacial score (nSPS) is 13.5. The van der Waals surface area contributed by atoms with Gasteiger partial charge in [0.25, 0.3) is 0 Å². The van der Waals surface area contributed by atoms with Crippen molar-refractivity contribution in [2.24, 2.45) is 5.10 Å². The predicted octanol–water partition coefficient (Wildman–Crippen LogP) is 7.08. The molecule has 1 aromatic heterocycles. The first-order chi connectivity index (χ1) is 19.0. The average molecular weight is 566 g/mol. The standard InChI is InChI=1S/C28H26Cl2FN7O/c29-21-15-20(25(24(30)16-21)39-18-19-7-3-1-4-8-19)17-32-37-27-34-26(33-23-11-9-22(31)10-12-23)35-28(36-27)38-13-5-2-6-14-38/h1,3-4,7-12,15-17H,2,5-6,13-14,18H2,(H2,33,34,35,36,37)/b32-17+. The molecule has 11 heteroatoms. The van der Waals surface area contributed by atoms with Crippen LogP contribution in [0.4, 0.5) is 27.9 Å². The molecule has 39 heavy (non-hydrogen) atoms. The van der Waals surface area contributed by atoms with E-state index in [4.69, 9.17) is 27.9 Å². The van der Waals surface area contributed by atoms with E-state index >= 15 is 0 Å². The highest BCUT2D eigenvalue weighted by atomic mass is 35.5. The van der Waals surface area contributed by atoms with Crippen LogP contribution in [0.3, 0.4) is 0 Å². The lowest BCUT2D eigenvalue weighted by Crippen LogP contribution is -2.31. The summed E-state index contributed by atoms with van der Waals surface area (Å²) in [7, 11) is 0. The van der Waals surface area contributed by atoms with Gasteiger partial charge in [-0.25, -0.2) is 9.82 Å². The van der Waals surface area contributed by atoms with E-state index in [1.165, 1.54) is 18.6 Å². The van der Waals surface area contributed by atoms with Gasteiger partial charge in [0.15, 0.2) is 0 Å². The number of halogens is 3. The molecule has 0 atom stereocenters. The Morgan fingerprint density at radius 2 is 1.67 bits per heavy atom. The summed E-state index contributed by atoms with van der Waals surface area (Å²) in [4.78, 5) is 15.7. The molecule has 1 aliphatic heterocycles. The fraction of sp³-hybridized carbons (Fsp3) is 0.214. The van der Waals surface area contributed by atoms with Gasteiger partial charge in [-0.2, -0.15) is 20.1 Å². The van der Waals surface area contributed by atoms with Crippen molar-refractivity contribution >= 4 is 52.9 Å². The maximum absolute atomic E-state index is 13.4. The van der Waals surface area contributed by atoms with Crippen LogP contribution in [-0.2, 0) is 6.61 Å². The molecule has 0 saturated carbocycles. The monoisotopic (exact) mass is 565 g/mol. The van der Waals surface area contributed by atoms with Gasteiger partial charge in [-0.1, -0.05) is 53.5 Å². The minimum absolute atomic E-state index is 0.242. The number of piperidine rings is 1. The summed E-state index contributed by atoms with van der Waals surface area (Å²) in [6, 6.07) is 19.1. The summed E-state index contributed by atoms with van der Waals surface area (Å²) in [5.41, 5.74) is 5.13. The summed E-state index contributed by atoms with van der Waals surface area (Å²) in [5.74, 6) is 1.22. The van der Waals surface area contributed by atoms with Crippen LogP contribution in [0.5, 0.6) is 5.75 Å². The smallest absolute Gasteiger partial charge is 0.250 e. The molecule has 5 rings (SSSR count). The van der Waals surface area contributed by atoms with Crippen LogP contribution in [0, 0.1) is 5.82 Å². The van der Waals surface area contributed by atoms with E-state index in [2.05, 4.69) is 35.7 Å². The number of hydrazone groups is 1. The van der Waals surface area contributed by atoms with Crippen LogP contribution in [0.25, 0.3) is 0 Å². The summed E-state index contributed by atoms with van der Waals surface area (Å²) in [6.07, 6.45) is 4.85. The van der Waals surface area contributed by atoms with E-state index in [-0.39, 0.29) is 11.8 Å². The van der Waals surface area contributed by atoms with E-state index in [0.717, 1.165) is 31.5 Å². The Morgan fingerprint density at radius 3 is 2.44 bits per heavy atom. The van der Waals surface area contributed by atoms with Crippen LogP contribution in [0.15, 0.2) is 71.8 Å². The quantitative estimate of drug-likeness (QED) is 0.165. The SMILES string of the molecule is Fc1ccc(Nc2nc(N/N=C/c3cc(Cl)cc(Cl)c3OCc3ccccc3)nc(N3CCCCC3)n2)cc1. The Balaban J connectivity index is 1.37. The lowest BCUT2D eigenvalue weighted by molar-refractivity contribution is 0.306. The van der Waals surface area contributed by atoms with Crippen LogP contribution < -0.4 is 20.4 Å². The van der Waals surface area contributed by atoms with Crippen LogP contribution in [-0.4, -0.2) is 34.3 Å². The first-order valence-electron chi connectivity index (χ1n) is 12.5. The summed E-state index contributed by atoms with van der Waals surface area (Å²) < 4.78 is 19.4. The molecule has 0 spiro atoms. The molecule has 1 aliphatic rings. The van der Waals surface area contributed by atoms with Gasteiger partial charge in [0, 0.05) is 29.4 Å². The number of benzene rings is 3. The molecule has 3 aromatic carbocycles. The van der Waals surface area contributed by atoms with E-state index in [1.807, 2.05) is 30.3 Å². The first-order valence-corrected chi connectivity index (χ1v) is 13.3. The topological polar surface area (TPSA) is 87.6 Å². The molecule has 2 heterocycles. The maximum Gasteiger partial charge on any atom is 0.250 e. The molecule has 1 fully saturated rings. The molecular formula is C28H26Cl2FN7O. The molecule has 2 N–H and O–H groups in total. The molecule has 1 saturated heterocycles. The van der Waals surface area contributed by atoms with Gasteiger partial charge in [0.2, 0.25) is 17.8 Å². The van der Waals surface area contributed by atoms with E-state index in [9.17, 15) is 4.39 Å². The molecule has 0 unspecified atom stereocenters. The third-order valence-corrected chi connectivity index (χ3v) is 6.49. The van der Waals surface area contributed by atoms with Gasteiger partial charge >= 0.3 is 0 Å². The van der Waals surface area contributed by atoms with Gasteiger partial charge < -0.3 is 15.0 Å². The second-order valence-corrected chi connectivity index (χ2v) is 9.76. The predicted molar refractivity (Wildman–Crippen MR) is 154 cm³/mol. The molecule has 8 nitrogen and oxygen atoms in total. The third kappa shape index (κ3) is 7.34. The van der Waals surface area contributed by atoms with Crippen molar-refractivity contribution in [2.45, 2.75) is 25.9 Å². The van der Waals surface area contributed by atoms with Crippen molar-refractivity contribution in [2.75, 3.05) is 28.7 Å². The van der Waals surface area contributed by atoms with Crippen molar-refractivity contribution in [3.8, 4) is 5.75 Å². The largest absolute Gasteiger partial charge is 0.487 e. The average Bonchev–Trinajstić information content (AvgIpc) is 2.95. The second-order valence-electron chi connectivity index (χ2n) is 8.91. The van der Waals surface area contributed by atoms with Crippen molar-refractivity contribution < 1.29 is 9.13 Å². The number of ether oxygens (including phenoxy) is 1. The van der Waals surface area contributed by atoms with E-state index in [0.29, 0.717) is 45.5 Å². The Morgan fingerprint density at radius 1 is 0.923 bits per heavy atom. The van der Waals surface area contributed by atoms with Crippen molar-refractivity contribution in [3.05, 3.63) is 93.7 Å². The van der Waals surface area contributed by atoms with Gasteiger partial charge in [-0.3, -0.25) is 0 Å². The molecular weight excluding hydrogens is 540 g/mol. The zero-order valence-corrected chi connectivity index (χ0v) is 22.5. The van der Waals surface area contributed by atoms with Crippen LogP contribution >= 0.6 is 23.2 Å². The molecule has 4 aromatic rings. The Labute approximate surface area is 235 Å². The van der Waals surface area contributed by atoms with Gasteiger partial charge in [-0.05, 0) is 61.2 Å². The van der Waals surface area contributed by atoms with Crippen molar-refractivity contribution in [3.63, 3.8) is 0 Å². The number of rotatable bonds is 9. The highest BCUT2D eigenvalue weighted by Gasteiger charge is 2.17. The number of nitrogens with one attached hydrogen (secondary N) is 2. The number of anilines is 4. The van der Waals surface area contributed by atoms with Gasteiger partial charge in [0.05, 0.1) is 11.2 Å². The maximum atomic E-state index is 13.4. The molecule has 200 valence electrons. The Bertz CT molecular complexity index is 1430. The summed E-state index contributed by atoms with van der Waals surface area (Å²) in [5, 5.41) is 8.27. The highest BCUT2D eigenvalue weighted by molar-refractivity contribution is 6.36. The molecule has 0 radical (unpaired) electrons. The zero-order chi connectivity index (χ0) is 27.0. The van der Waals surface area contributed by atoms with Crippen molar-refractivity contribution in [1.82, 2.24) is 15.0 Å². The second kappa shape index (κ2) is 12.7. The zero-order valence-electron chi connectivity index (χ0n) is 20.9. The molecule has 0 amide bonds. The summed E-state index contributed by atoms with van der Waals surface area (Å²) >= 11 is 12.7. The van der Waals surface area contributed by atoms with Crippen LogP contribution in [0.1, 0.15) is 30.4 Å². The molecule has 0 aliphatic carbocycles. The fourth-order valence-corrected chi connectivity index (χ4v) is 4.65. The minimum atomic E-state index is -0.324. The Hall–Kier alpha value is -3.95. The number of hydrogen-bond donors (Lipinski definition) is 2. The number of aromatic nitrogens is 3. The van der Waals surface area contributed by atoms with Gasteiger partial charge in [0.1, 0.15) is 18.2 Å². The first kappa shape index (κ1) is 26.6. The van der Waals surface area contributed by atoms with Gasteiger partial charge in [-0.15, -0.1) is 0 Å². The van der Waals surface area contributed by atoms with E-state index < -0.39 is 0 Å². The third-order valence-electron chi connectivity index (χ3n) is 5.99. The Kier molecular flexibility index (Phi) is 8.70. The highest BCUT2D eigenvalue weighted by Crippen LogP contribution is 2.32. The van der Waals surface area contributed by atoms with Crippen LogP contribution in [0.2, 0.25) is 10.0 Å². The molecule has 0 bridgehead atoms. The number of nitrogens with zero attached hydrogens (tertiary/aromatic N) is 5. The summed E-state index contributed by atoms with van der Waals surface area (Å²) in [6.45, 7) is 2.04. The number of hydrogen-bond acceptors (Lipinski definition) is 8. The van der Waals surface area contributed by atoms with Crippen molar-refractivity contribution in [1.29, 1.82) is 0 Å². The minimum Gasteiger partial charge on any atom is -0.487 e. The fourth-order valence-electron chi connectivity index (χ4n) is 4.09. The lowest BCUT2D eigenvalue weighted by Gasteiger charge is -2.26. The lowest BCUT2D eigenvalue weighted by atomic mass is 10.1.